The van der Waals surface area contributed by atoms with Gasteiger partial charge < -0.3 is 9.80 Å². The topological polar surface area (TPSA) is 49.3 Å². The molecule has 27 heavy (non-hydrogen) atoms. The van der Waals surface area contributed by atoms with Crippen molar-refractivity contribution in [1.82, 2.24) is 15.1 Å². The molecule has 0 bridgehead atoms. The van der Waals surface area contributed by atoms with Gasteiger partial charge in [-0.3, -0.25) is 4.79 Å². The Kier molecular flexibility index (Phi) is 5.00. The second-order valence-electron chi connectivity index (χ2n) is 7.40. The molecule has 1 atom stereocenters. The lowest BCUT2D eigenvalue weighted by Gasteiger charge is -2.40. The van der Waals surface area contributed by atoms with Crippen LogP contribution in [0.15, 0.2) is 30.3 Å². The van der Waals surface area contributed by atoms with Crippen LogP contribution in [-0.4, -0.2) is 46.7 Å². The minimum absolute atomic E-state index is 0.0299. The molecule has 2 aromatic rings. The quantitative estimate of drug-likeness (QED) is 0.805. The van der Waals surface area contributed by atoms with Crippen LogP contribution in [0.2, 0.25) is 5.15 Å². The summed E-state index contributed by atoms with van der Waals surface area (Å²) in [5, 5.41) is 8.38. The highest BCUT2D eigenvalue weighted by Gasteiger charge is 2.29. The number of benzene rings is 1. The number of hydrogen-bond donors (Lipinski definition) is 0. The van der Waals surface area contributed by atoms with Gasteiger partial charge in [0.1, 0.15) is 5.82 Å². The van der Waals surface area contributed by atoms with Gasteiger partial charge in [0.05, 0.1) is 6.42 Å². The number of carbonyl (C=O) groups excluding carboxylic acids is 1. The molecule has 142 valence electrons. The summed E-state index contributed by atoms with van der Waals surface area (Å²) in [6.07, 6.45) is 2.36. The number of hydrogen-bond acceptors (Lipinski definition) is 4. The molecule has 1 saturated heterocycles. The summed E-state index contributed by atoms with van der Waals surface area (Å²) in [7, 11) is 0. The van der Waals surface area contributed by atoms with E-state index in [0.717, 1.165) is 29.8 Å². The van der Waals surface area contributed by atoms with Crippen molar-refractivity contribution in [2.75, 3.05) is 24.5 Å². The predicted octanol–water partition coefficient (Wildman–Crippen LogP) is 3.43. The Morgan fingerprint density at radius 3 is 2.67 bits per heavy atom. The lowest BCUT2D eigenvalue weighted by molar-refractivity contribution is -0.131. The third-order valence-electron chi connectivity index (χ3n) is 5.33. The highest BCUT2D eigenvalue weighted by atomic mass is 35.5. The number of halogens is 2. The summed E-state index contributed by atoms with van der Waals surface area (Å²) in [4.78, 5) is 16.6. The predicted molar refractivity (Wildman–Crippen MR) is 103 cm³/mol. The molecular weight excluding hydrogens is 367 g/mol. The normalized spacial score (nSPS) is 20.0. The zero-order valence-electron chi connectivity index (χ0n) is 15.2. The van der Waals surface area contributed by atoms with Gasteiger partial charge in [0.15, 0.2) is 11.0 Å². The molecule has 5 nitrogen and oxygen atoms in total. The zero-order valence-corrected chi connectivity index (χ0v) is 16.0. The van der Waals surface area contributed by atoms with Gasteiger partial charge in [-0.2, -0.15) is 0 Å². The molecule has 2 aliphatic rings. The lowest BCUT2D eigenvalue weighted by atomic mass is 10.0. The van der Waals surface area contributed by atoms with Gasteiger partial charge in [-0.05, 0) is 55.0 Å². The van der Waals surface area contributed by atoms with Crippen molar-refractivity contribution in [3.8, 4) is 0 Å². The van der Waals surface area contributed by atoms with E-state index in [2.05, 4.69) is 22.0 Å². The maximum atomic E-state index is 14.2. The van der Waals surface area contributed by atoms with Gasteiger partial charge >= 0.3 is 0 Å². The van der Waals surface area contributed by atoms with Gasteiger partial charge in [-0.1, -0.05) is 23.7 Å². The van der Waals surface area contributed by atoms with Crippen LogP contribution in [-0.2, 0) is 11.2 Å². The van der Waals surface area contributed by atoms with Crippen molar-refractivity contribution in [1.29, 1.82) is 0 Å². The molecule has 0 spiro atoms. The average Bonchev–Trinajstić information content (AvgIpc) is 3.47. The number of carbonyl (C=O) groups is 1. The minimum Gasteiger partial charge on any atom is -0.349 e. The molecule has 7 heteroatoms. The first kappa shape index (κ1) is 18.2. The van der Waals surface area contributed by atoms with Gasteiger partial charge in [-0.15, -0.1) is 10.2 Å². The van der Waals surface area contributed by atoms with Crippen LogP contribution in [0.5, 0.6) is 0 Å². The fourth-order valence-corrected chi connectivity index (χ4v) is 3.78. The molecular formula is C20H22ClFN4O. The van der Waals surface area contributed by atoms with E-state index in [1.807, 2.05) is 23.1 Å². The molecule has 2 heterocycles. The molecule has 1 aromatic carbocycles. The Hall–Kier alpha value is -2.21. The van der Waals surface area contributed by atoms with Crippen LogP contribution in [0.1, 0.15) is 36.8 Å². The molecule has 1 aliphatic carbocycles. The van der Waals surface area contributed by atoms with Crippen molar-refractivity contribution in [3.63, 3.8) is 0 Å². The minimum atomic E-state index is -0.178. The first-order valence-corrected chi connectivity index (χ1v) is 9.71. The van der Waals surface area contributed by atoms with Crippen molar-refractivity contribution in [3.05, 3.63) is 52.4 Å². The Labute approximate surface area is 163 Å². The van der Waals surface area contributed by atoms with Crippen LogP contribution in [0.25, 0.3) is 0 Å². The van der Waals surface area contributed by atoms with Crippen LogP contribution < -0.4 is 4.90 Å². The number of rotatable bonds is 4. The first-order valence-electron chi connectivity index (χ1n) is 9.33. The van der Waals surface area contributed by atoms with E-state index in [0.29, 0.717) is 30.7 Å². The molecule has 2 fully saturated rings. The van der Waals surface area contributed by atoms with E-state index in [-0.39, 0.29) is 24.2 Å². The fourth-order valence-electron chi connectivity index (χ4n) is 3.68. The third kappa shape index (κ3) is 4.05. The van der Waals surface area contributed by atoms with E-state index in [1.54, 1.807) is 6.07 Å². The molecule has 0 N–H and O–H groups in total. The second-order valence-corrected chi connectivity index (χ2v) is 7.79. The number of nitrogens with zero attached hydrogens (tertiary/aromatic N) is 4. The summed E-state index contributed by atoms with van der Waals surface area (Å²) in [5.74, 6) is 0.987. The monoisotopic (exact) mass is 388 g/mol. The molecule has 0 unspecified atom stereocenters. The van der Waals surface area contributed by atoms with E-state index in [9.17, 15) is 9.18 Å². The maximum absolute atomic E-state index is 14.2. The zero-order chi connectivity index (χ0) is 19.0. The van der Waals surface area contributed by atoms with E-state index in [4.69, 9.17) is 11.6 Å². The third-order valence-corrected chi connectivity index (χ3v) is 5.53. The van der Waals surface area contributed by atoms with Crippen molar-refractivity contribution < 1.29 is 9.18 Å². The second kappa shape index (κ2) is 7.43. The summed E-state index contributed by atoms with van der Waals surface area (Å²) in [6, 6.07) is 8.93. The fraction of sp³-hybridized carbons (Fsp3) is 0.450. The van der Waals surface area contributed by atoms with Crippen LogP contribution in [0.3, 0.4) is 0 Å². The number of piperazine rings is 1. The maximum Gasteiger partial charge on any atom is 0.227 e. The Morgan fingerprint density at radius 2 is 2.04 bits per heavy atom. The first-order chi connectivity index (χ1) is 13.0. The number of aromatic nitrogens is 2. The van der Waals surface area contributed by atoms with Gasteiger partial charge in [-0.25, -0.2) is 4.39 Å². The molecule has 1 amide bonds. The van der Waals surface area contributed by atoms with Crippen LogP contribution in [0, 0.1) is 5.82 Å². The van der Waals surface area contributed by atoms with E-state index in [1.165, 1.54) is 6.07 Å². The summed E-state index contributed by atoms with van der Waals surface area (Å²) in [5.41, 5.74) is 1.53. The Bertz CT molecular complexity index is 840. The Balaban J connectivity index is 1.37. The van der Waals surface area contributed by atoms with Crippen molar-refractivity contribution in [2.45, 2.75) is 38.1 Å². The highest BCUT2D eigenvalue weighted by Crippen LogP contribution is 2.41. The largest absolute Gasteiger partial charge is 0.349 e. The van der Waals surface area contributed by atoms with Crippen molar-refractivity contribution in [2.24, 2.45) is 0 Å². The lowest BCUT2D eigenvalue weighted by Crippen LogP contribution is -2.54. The summed E-state index contributed by atoms with van der Waals surface area (Å²) < 4.78 is 14.2. The Morgan fingerprint density at radius 1 is 1.22 bits per heavy atom. The molecule has 1 aliphatic heterocycles. The number of anilines is 1. The SMILES string of the molecule is C[C@@H]1CN(C(=O)Cc2ccc(C3CC3)c(F)c2)CCN1c1ccc(Cl)nn1. The van der Waals surface area contributed by atoms with Gasteiger partial charge in [0, 0.05) is 25.7 Å². The average molecular weight is 389 g/mol. The van der Waals surface area contributed by atoms with Gasteiger partial charge in [0.2, 0.25) is 5.91 Å². The smallest absolute Gasteiger partial charge is 0.227 e. The van der Waals surface area contributed by atoms with E-state index < -0.39 is 0 Å². The summed E-state index contributed by atoms with van der Waals surface area (Å²) >= 11 is 5.80. The number of amides is 1. The summed E-state index contributed by atoms with van der Waals surface area (Å²) in [6.45, 7) is 3.94. The molecule has 4 rings (SSSR count). The molecule has 1 aromatic heterocycles. The van der Waals surface area contributed by atoms with Crippen LogP contribution >= 0.6 is 11.6 Å². The molecule has 1 saturated carbocycles. The standard InChI is InChI=1S/C20H22ClFN4O/c1-13-12-25(8-9-26(13)19-7-6-18(21)23-24-19)20(27)11-14-2-5-16(15-3-4-15)17(22)10-14/h2,5-7,10,13,15H,3-4,8-9,11-12H2,1H3/t13-/m1/s1. The molecule has 0 radical (unpaired) electrons. The van der Waals surface area contributed by atoms with Crippen molar-refractivity contribution >= 4 is 23.3 Å². The van der Waals surface area contributed by atoms with Gasteiger partial charge in [0.25, 0.3) is 0 Å². The highest BCUT2D eigenvalue weighted by molar-refractivity contribution is 6.29. The van der Waals surface area contributed by atoms with Crippen LogP contribution in [0.4, 0.5) is 10.2 Å². The van der Waals surface area contributed by atoms with E-state index >= 15 is 0 Å².